The molecule has 0 bridgehead atoms. The Balaban J connectivity index is 1.77. The smallest absolute Gasteiger partial charge is 0.226 e. The second-order valence-corrected chi connectivity index (χ2v) is 4.42. The van der Waals surface area contributed by atoms with E-state index >= 15 is 0 Å². The number of hydrogen-bond donors (Lipinski definition) is 0. The van der Waals surface area contributed by atoms with Gasteiger partial charge in [-0.3, -0.25) is 4.79 Å². The molecule has 0 unspecified atom stereocenters. The van der Waals surface area contributed by atoms with E-state index in [1.54, 1.807) is 0 Å². The summed E-state index contributed by atoms with van der Waals surface area (Å²) in [5.41, 5.74) is 2.57. The van der Waals surface area contributed by atoms with Crippen molar-refractivity contribution in [1.29, 1.82) is 0 Å². The van der Waals surface area contributed by atoms with Crippen molar-refractivity contribution in [2.75, 3.05) is 13.1 Å². The summed E-state index contributed by atoms with van der Waals surface area (Å²) in [6, 6.07) is 5.74. The average Bonchev–Trinajstić information content (AvgIpc) is 2.99. The fraction of sp³-hybridized carbons (Fsp3) is 0.385. The van der Waals surface area contributed by atoms with Gasteiger partial charge in [-0.05, 0) is 30.5 Å². The summed E-state index contributed by atoms with van der Waals surface area (Å²) >= 11 is 0. The normalized spacial score (nSPS) is 15.6. The van der Waals surface area contributed by atoms with Gasteiger partial charge in [0.1, 0.15) is 5.52 Å². The molecule has 4 nitrogen and oxygen atoms in total. The summed E-state index contributed by atoms with van der Waals surface area (Å²) in [5.74, 6) is 0.210. The van der Waals surface area contributed by atoms with Crippen LogP contribution in [-0.4, -0.2) is 28.9 Å². The molecule has 1 aliphatic rings. The average molecular weight is 230 g/mol. The number of rotatable bonds is 2. The highest BCUT2D eigenvalue weighted by Gasteiger charge is 2.18. The van der Waals surface area contributed by atoms with Crippen LogP contribution in [0.2, 0.25) is 0 Å². The van der Waals surface area contributed by atoms with Crippen molar-refractivity contribution in [2.24, 2.45) is 0 Å². The molecule has 2 heterocycles. The Kier molecular flexibility index (Phi) is 2.55. The maximum absolute atomic E-state index is 12.0. The van der Waals surface area contributed by atoms with E-state index in [0.717, 1.165) is 42.6 Å². The van der Waals surface area contributed by atoms with Crippen molar-refractivity contribution in [3.8, 4) is 0 Å². The fourth-order valence-electron chi connectivity index (χ4n) is 2.26. The number of benzene rings is 1. The number of likely N-dealkylation sites (tertiary alicyclic amines) is 1. The Labute approximate surface area is 99.2 Å². The first-order valence-electron chi connectivity index (χ1n) is 5.93. The van der Waals surface area contributed by atoms with Gasteiger partial charge in [-0.2, -0.15) is 0 Å². The minimum atomic E-state index is 0.210. The van der Waals surface area contributed by atoms with Gasteiger partial charge in [-0.15, -0.1) is 0 Å². The highest BCUT2D eigenvalue weighted by Crippen LogP contribution is 2.16. The summed E-state index contributed by atoms with van der Waals surface area (Å²) in [4.78, 5) is 18.0. The highest BCUT2D eigenvalue weighted by molar-refractivity contribution is 5.81. The molecule has 1 aliphatic heterocycles. The maximum atomic E-state index is 12.0. The van der Waals surface area contributed by atoms with Crippen LogP contribution >= 0.6 is 0 Å². The molecule has 4 heteroatoms. The van der Waals surface area contributed by atoms with Crippen LogP contribution in [0.3, 0.4) is 0 Å². The van der Waals surface area contributed by atoms with Gasteiger partial charge in [0, 0.05) is 13.1 Å². The van der Waals surface area contributed by atoms with Gasteiger partial charge < -0.3 is 9.32 Å². The zero-order valence-electron chi connectivity index (χ0n) is 9.56. The minimum Gasteiger partial charge on any atom is -0.443 e. The molecule has 88 valence electrons. The molecule has 1 aromatic heterocycles. The van der Waals surface area contributed by atoms with Gasteiger partial charge in [-0.25, -0.2) is 4.98 Å². The summed E-state index contributed by atoms with van der Waals surface area (Å²) in [7, 11) is 0. The second kappa shape index (κ2) is 4.20. The van der Waals surface area contributed by atoms with E-state index < -0.39 is 0 Å². The molecular formula is C13H14N2O2. The van der Waals surface area contributed by atoms with Crippen LogP contribution in [0.1, 0.15) is 18.4 Å². The molecule has 1 saturated heterocycles. The Morgan fingerprint density at radius 2 is 2.18 bits per heavy atom. The summed E-state index contributed by atoms with van der Waals surface area (Å²) in [6.07, 6.45) is 4.15. The van der Waals surface area contributed by atoms with Crippen molar-refractivity contribution in [2.45, 2.75) is 19.3 Å². The first-order chi connectivity index (χ1) is 8.33. The first kappa shape index (κ1) is 10.3. The van der Waals surface area contributed by atoms with Crippen LogP contribution in [0, 0.1) is 0 Å². The van der Waals surface area contributed by atoms with E-state index in [1.807, 2.05) is 23.1 Å². The summed E-state index contributed by atoms with van der Waals surface area (Å²) < 4.78 is 5.23. The van der Waals surface area contributed by atoms with E-state index in [-0.39, 0.29) is 5.91 Å². The highest BCUT2D eigenvalue weighted by atomic mass is 16.3. The predicted molar refractivity (Wildman–Crippen MR) is 63.5 cm³/mol. The van der Waals surface area contributed by atoms with Crippen molar-refractivity contribution in [1.82, 2.24) is 9.88 Å². The first-order valence-corrected chi connectivity index (χ1v) is 5.93. The van der Waals surface area contributed by atoms with Gasteiger partial charge in [0.05, 0.1) is 6.42 Å². The number of amides is 1. The van der Waals surface area contributed by atoms with E-state index in [0.29, 0.717) is 6.42 Å². The number of carbonyl (C=O) groups is 1. The van der Waals surface area contributed by atoms with Crippen molar-refractivity contribution < 1.29 is 9.21 Å². The number of aromatic nitrogens is 1. The standard InChI is InChI=1S/C13H14N2O2/c16-13(15-5-1-2-6-15)8-10-3-4-11-12(7-10)17-9-14-11/h3-4,7,9H,1-2,5-6,8H2. The Hall–Kier alpha value is -1.84. The van der Waals surface area contributed by atoms with Gasteiger partial charge in [-0.1, -0.05) is 6.07 Å². The zero-order valence-corrected chi connectivity index (χ0v) is 9.56. The third-order valence-electron chi connectivity index (χ3n) is 3.21. The lowest BCUT2D eigenvalue weighted by Crippen LogP contribution is -2.28. The molecule has 3 rings (SSSR count). The number of nitrogens with zero attached hydrogens (tertiary/aromatic N) is 2. The fourth-order valence-corrected chi connectivity index (χ4v) is 2.26. The second-order valence-electron chi connectivity index (χ2n) is 4.42. The van der Waals surface area contributed by atoms with Crippen molar-refractivity contribution in [3.63, 3.8) is 0 Å². The molecule has 0 N–H and O–H groups in total. The van der Waals surface area contributed by atoms with Gasteiger partial charge >= 0.3 is 0 Å². The van der Waals surface area contributed by atoms with Gasteiger partial charge in [0.2, 0.25) is 5.91 Å². The Bertz CT molecular complexity index is 541. The van der Waals surface area contributed by atoms with Crippen LogP contribution in [0.4, 0.5) is 0 Å². The molecule has 0 aliphatic carbocycles. The Morgan fingerprint density at radius 1 is 1.35 bits per heavy atom. The molecule has 17 heavy (non-hydrogen) atoms. The number of carbonyl (C=O) groups excluding carboxylic acids is 1. The summed E-state index contributed by atoms with van der Waals surface area (Å²) in [5, 5.41) is 0. The predicted octanol–water partition coefficient (Wildman–Crippen LogP) is 1.99. The van der Waals surface area contributed by atoms with Gasteiger partial charge in [0.15, 0.2) is 12.0 Å². The van der Waals surface area contributed by atoms with E-state index in [1.165, 1.54) is 6.39 Å². The van der Waals surface area contributed by atoms with Gasteiger partial charge in [0.25, 0.3) is 0 Å². The molecule has 2 aromatic rings. The zero-order chi connectivity index (χ0) is 11.7. The molecule has 1 aromatic carbocycles. The van der Waals surface area contributed by atoms with Crippen LogP contribution < -0.4 is 0 Å². The molecule has 1 fully saturated rings. The molecular weight excluding hydrogens is 216 g/mol. The monoisotopic (exact) mass is 230 g/mol. The third-order valence-corrected chi connectivity index (χ3v) is 3.21. The topological polar surface area (TPSA) is 46.3 Å². The van der Waals surface area contributed by atoms with E-state index in [2.05, 4.69) is 4.98 Å². The third kappa shape index (κ3) is 2.02. The lowest BCUT2D eigenvalue weighted by Gasteiger charge is -2.14. The molecule has 0 radical (unpaired) electrons. The van der Waals surface area contributed by atoms with Crippen molar-refractivity contribution >= 4 is 17.0 Å². The Morgan fingerprint density at radius 3 is 3.00 bits per heavy atom. The lowest BCUT2D eigenvalue weighted by atomic mass is 10.1. The number of oxazole rings is 1. The maximum Gasteiger partial charge on any atom is 0.226 e. The molecule has 1 amide bonds. The van der Waals surface area contributed by atoms with Crippen LogP contribution in [0.15, 0.2) is 29.0 Å². The quantitative estimate of drug-likeness (QED) is 0.792. The summed E-state index contributed by atoms with van der Waals surface area (Å²) in [6.45, 7) is 1.81. The SMILES string of the molecule is O=C(Cc1ccc2ncoc2c1)N1CCCC1. The largest absolute Gasteiger partial charge is 0.443 e. The molecule has 0 saturated carbocycles. The molecule has 0 spiro atoms. The lowest BCUT2D eigenvalue weighted by molar-refractivity contribution is -0.129. The van der Waals surface area contributed by atoms with Crippen LogP contribution in [0.5, 0.6) is 0 Å². The molecule has 0 atom stereocenters. The van der Waals surface area contributed by atoms with E-state index in [4.69, 9.17) is 4.42 Å². The van der Waals surface area contributed by atoms with Crippen LogP contribution in [-0.2, 0) is 11.2 Å². The van der Waals surface area contributed by atoms with Crippen molar-refractivity contribution in [3.05, 3.63) is 30.2 Å². The minimum absolute atomic E-state index is 0.210. The number of hydrogen-bond acceptors (Lipinski definition) is 3. The van der Waals surface area contributed by atoms with Crippen LogP contribution in [0.25, 0.3) is 11.1 Å². The van der Waals surface area contributed by atoms with E-state index in [9.17, 15) is 4.79 Å². The number of fused-ring (bicyclic) bond motifs is 1.